The van der Waals surface area contributed by atoms with Crippen LogP contribution in [0.1, 0.15) is 35.0 Å². The summed E-state index contributed by atoms with van der Waals surface area (Å²) in [5, 5.41) is 1.17. The van der Waals surface area contributed by atoms with Crippen LogP contribution < -0.4 is 5.73 Å². The molecular formula is C12H21N3S. The maximum absolute atomic E-state index is 5.73. The summed E-state index contributed by atoms with van der Waals surface area (Å²) >= 11 is 1.80. The van der Waals surface area contributed by atoms with Gasteiger partial charge < -0.3 is 5.73 Å². The molecule has 1 aliphatic rings. The van der Waals surface area contributed by atoms with Gasteiger partial charge in [-0.05, 0) is 46.2 Å². The van der Waals surface area contributed by atoms with Crippen molar-refractivity contribution in [1.82, 2.24) is 9.88 Å². The second-order valence-electron chi connectivity index (χ2n) is 4.74. The summed E-state index contributed by atoms with van der Waals surface area (Å²) in [6, 6.07) is 0.446. The molecule has 16 heavy (non-hydrogen) atoms. The Balaban J connectivity index is 2.08. The lowest BCUT2D eigenvalue weighted by molar-refractivity contribution is 0.249. The molecule has 0 amide bonds. The molecule has 0 saturated carbocycles. The van der Waals surface area contributed by atoms with E-state index in [4.69, 9.17) is 5.73 Å². The molecule has 0 spiro atoms. The molecule has 1 aromatic rings. The third kappa shape index (κ3) is 2.29. The second kappa shape index (κ2) is 4.82. The molecule has 0 aliphatic carbocycles. The van der Waals surface area contributed by atoms with Gasteiger partial charge in [-0.15, -0.1) is 11.3 Å². The Bertz CT molecular complexity index is 361. The minimum absolute atomic E-state index is 0.446. The number of thiazole rings is 1. The molecule has 2 N–H and O–H groups in total. The van der Waals surface area contributed by atoms with E-state index in [1.165, 1.54) is 28.5 Å². The number of likely N-dealkylation sites (tertiary alicyclic amines) is 1. The van der Waals surface area contributed by atoms with E-state index in [-0.39, 0.29) is 0 Å². The lowest BCUT2D eigenvalue weighted by Gasteiger charge is -2.23. The van der Waals surface area contributed by atoms with Gasteiger partial charge in [-0.25, -0.2) is 4.98 Å². The maximum Gasteiger partial charge on any atom is 0.0900 e. The van der Waals surface area contributed by atoms with Crippen molar-refractivity contribution < 1.29 is 0 Å². The van der Waals surface area contributed by atoms with Crippen molar-refractivity contribution in [2.75, 3.05) is 19.6 Å². The van der Waals surface area contributed by atoms with E-state index in [1.54, 1.807) is 11.3 Å². The van der Waals surface area contributed by atoms with Crippen LogP contribution in [-0.2, 0) is 0 Å². The van der Waals surface area contributed by atoms with Crippen molar-refractivity contribution in [2.24, 2.45) is 11.7 Å². The van der Waals surface area contributed by atoms with E-state index in [0.29, 0.717) is 12.0 Å². The molecule has 2 unspecified atom stereocenters. The van der Waals surface area contributed by atoms with Gasteiger partial charge in [-0.2, -0.15) is 0 Å². The fourth-order valence-corrected chi connectivity index (χ4v) is 3.42. The fraction of sp³-hybridized carbons (Fsp3) is 0.750. The Morgan fingerprint density at radius 3 is 2.81 bits per heavy atom. The van der Waals surface area contributed by atoms with E-state index in [1.807, 2.05) is 0 Å². The zero-order chi connectivity index (χ0) is 11.7. The molecule has 0 aromatic carbocycles. The quantitative estimate of drug-likeness (QED) is 0.878. The first-order chi connectivity index (χ1) is 7.61. The van der Waals surface area contributed by atoms with Crippen LogP contribution in [0, 0.1) is 19.8 Å². The Morgan fingerprint density at radius 2 is 2.31 bits per heavy atom. The Kier molecular flexibility index (Phi) is 3.62. The first kappa shape index (κ1) is 12.0. The molecule has 1 fully saturated rings. The van der Waals surface area contributed by atoms with Gasteiger partial charge in [0, 0.05) is 11.4 Å². The SMILES string of the molecule is Cc1nc(C(C)N2CCC(CN)C2)c(C)s1. The normalized spacial score (nSPS) is 23.9. The Labute approximate surface area is 102 Å². The van der Waals surface area contributed by atoms with Crippen LogP contribution >= 0.6 is 11.3 Å². The molecule has 0 bridgehead atoms. The topological polar surface area (TPSA) is 42.2 Å². The molecule has 3 nitrogen and oxygen atoms in total. The van der Waals surface area contributed by atoms with Crippen LogP contribution in [0.4, 0.5) is 0 Å². The summed E-state index contributed by atoms with van der Waals surface area (Å²) in [4.78, 5) is 8.53. The van der Waals surface area contributed by atoms with E-state index in [0.717, 1.165) is 13.1 Å². The summed E-state index contributed by atoms with van der Waals surface area (Å²) < 4.78 is 0. The average Bonchev–Trinajstić information content (AvgIpc) is 2.84. The number of rotatable bonds is 3. The van der Waals surface area contributed by atoms with Crippen molar-refractivity contribution in [3.05, 3.63) is 15.6 Å². The number of nitrogens with zero attached hydrogens (tertiary/aromatic N) is 2. The van der Waals surface area contributed by atoms with Gasteiger partial charge in [-0.3, -0.25) is 4.90 Å². The van der Waals surface area contributed by atoms with Crippen LogP contribution in [0.2, 0.25) is 0 Å². The Morgan fingerprint density at radius 1 is 1.56 bits per heavy atom. The first-order valence-electron chi connectivity index (χ1n) is 6.00. The molecule has 1 aliphatic heterocycles. The third-order valence-electron chi connectivity index (χ3n) is 3.53. The third-order valence-corrected chi connectivity index (χ3v) is 4.44. The highest BCUT2D eigenvalue weighted by molar-refractivity contribution is 7.11. The average molecular weight is 239 g/mol. The summed E-state index contributed by atoms with van der Waals surface area (Å²) in [6.07, 6.45) is 1.24. The standard InChI is InChI=1S/C12H21N3S/c1-8(12-9(2)16-10(3)14-12)15-5-4-11(6-13)7-15/h8,11H,4-7,13H2,1-3H3. The van der Waals surface area contributed by atoms with Crippen LogP contribution in [-0.4, -0.2) is 29.5 Å². The number of nitrogens with two attached hydrogens (primary N) is 1. The molecule has 1 aromatic heterocycles. The number of aromatic nitrogens is 1. The van der Waals surface area contributed by atoms with E-state index < -0.39 is 0 Å². The predicted molar refractivity (Wildman–Crippen MR) is 68.7 cm³/mol. The molecule has 2 heterocycles. The van der Waals surface area contributed by atoms with Crippen LogP contribution in [0.3, 0.4) is 0 Å². The second-order valence-corrected chi connectivity index (χ2v) is 6.14. The van der Waals surface area contributed by atoms with Crippen molar-refractivity contribution in [3.63, 3.8) is 0 Å². The van der Waals surface area contributed by atoms with E-state index >= 15 is 0 Å². The van der Waals surface area contributed by atoms with Gasteiger partial charge in [-0.1, -0.05) is 0 Å². The highest BCUT2D eigenvalue weighted by Gasteiger charge is 2.27. The monoisotopic (exact) mass is 239 g/mol. The highest BCUT2D eigenvalue weighted by atomic mass is 32.1. The van der Waals surface area contributed by atoms with Gasteiger partial charge in [0.1, 0.15) is 0 Å². The van der Waals surface area contributed by atoms with Gasteiger partial charge in [0.05, 0.1) is 16.7 Å². The number of hydrogen-bond acceptors (Lipinski definition) is 4. The zero-order valence-electron chi connectivity index (χ0n) is 10.4. The first-order valence-corrected chi connectivity index (χ1v) is 6.81. The maximum atomic E-state index is 5.73. The number of hydrogen-bond donors (Lipinski definition) is 1. The molecule has 1 saturated heterocycles. The molecule has 4 heteroatoms. The van der Waals surface area contributed by atoms with Crippen molar-refractivity contribution >= 4 is 11.3 Å². The smallest absolute Gasteiger partial charge is 0.0900 e. The molecule has 90 valence electrons. The van der Waals surface area contributed by atoms with E-state index in [9.17, 15) is 0 Å². The molecule has 0 radical (unpaired) electrons. The van der Waals surface area contributed by atoms with Gasteiger partial charge in [0.15, 0.2) is 0 Å². The fourth-order valence-electron chi connectivity index (χ4n) is 2.51. The van der Waals surface area contributed by atoms with Gasteiger partial charge >= 0.3 is 0 Å². The summed E-state index contributed by atoms with van der Waals surface area (Å²) in [5.41, 5.74) is 6.99. The van der Waals surface area contributed by atoms with E-state index in [2.05, 4.69) is 30.7 Å². The van der Waals surface area contributed by atoms with Crippen molar-refractivity contribution in [2.45, 2.75) is 33.2 Å². The summed E-state index contributed by atoms with van der Waals surface area (Å²) in [7, 11) is 0. The minimum atomic E-state index is 0.446. The predicted octanol–water partition coefficient (Wildman–Crippen LogP) is 2.10. The Hall–Kier alpha value is -0.450. The van der Waals surface area contributed by atoms with Crippen LogP contribution in [0.15, 0.2) is 0 Å². The lowest BCUT2D eigenvalue weighted by Crippen LogP contribution is -2.26. The molecule has 2 atom stereocenters. The van der Waals surface area contributed by atoms with Crippen LogP contribution in [0.25, 0.3) is 0 Å². The highest BCUT2D eigenvalue weighted by Crippen LogP contribution is 2.30. The van der Waals surface area contributed by atoms with Gasteiger partial charge in [0.25, 0.3) is 0 Å². The lowest BCUT2D eigenvalue weighted by atomic mass is 10.1. The van der Waals surface area contributed by atoms with Gasteiger partial charge in [0.2, 0.25) is 0 Å². The minimum Gasteiger partial charge on any atom is -0.330 e. The van der Waals surface area contributed by atoms with Crippen LogP contribution in [0.5, 0.6) is 0 Å². The zero-order valence-corrected chi connectivity index (χ0v) is 11.2. The van der Waals surface area contributed by atoms with Crippen molar-refractivity contribution in [3.8, 4) is 0 Å². The molecule has 2 rings (SSSR count). The molecular weight excluding hydrogens is 218 g/mol. The summed E-state index contributed by atoms with van der Waals surface area (Å²) in [6.45, 7) is 9.64. The van der Waals surface area contributed by atoms with Crippen molar-refractivity contribution in [1.29, 1.82) is 0 Å². The number of aryl methyl sites for hydroxylation is 2. The summed E-state index contributed by atoms with van der Waals surface area (Å²) in [5.74, 6) is 0.683. The largest absolute Gasteiger partial charge is 0.330 e.